The van der Waals surface area contributed by atoms with E-state index in [-0.39, 0.29) is 17.9 Å². The number of benzene rings is 1. The average molecular weight is 333 g/mol. The van der Waals surface area contributed by atoms with Crippen LogP contribution in [0.4, 0.5) is 5.69 Å². The molecule has 0 saturated carbocycles. The van der Waals surface area contributed by atoms with Gasteiger partial charge in [0.05, 0.1) is 6.04 Å². The standard InChI is InChI=1S/C17H23N3O2S/c21-16(15-6-1-2-7-18-15)19-14-5-3-4-13(12-14)17(22)20-8-10-23-11-9-20/h3-5,12,15,18H,1-2,6-11H2,(H,19,21). The molecule has 5 nitrogen and oxygen atoms in total. The Kier molecular flexibility index (Phi) is 5.56. The minimum Gasteiger partial charge on any atom is -0.337 e. The second-order valence-electron chi connectivity index (χ2n) is 5.98. The molecule has 2 aliphatic heterocycles. The topological polar surface area (TPSA) is 61.4 Å². The third-order valence-electron chi connectivity index (χ3n) is 4.30. The molecular weight excluding hydrogens is 310 g/mol. The number of rotatable bonds is 3. The van der Waals surface area contributed by atoms with Crippen LogP contribution in [-0.2, 0) is 4.79 Å². The number of carbonyl (C=O) groups excluding carboxylic acids is 2. The Labute approximate surface area is 141 Å². The number of amides is 2. The van der Waals surface area contributed by atoms with Gasteiger partial charge in [0.2, 0.25) is 5.91 Å². The van der Waals surface area contributed by atoms with Gasteiger partial charge in [0.1, 0.15) is 0 Å². The maximum absolute atomic E-state index is 12.5. The van der Waals surface area contributed by atoms with Crippen molar-refractivity contribution < 1.29 is 9.59 Å². The normalized spacial score (nSPS) is 21.7. The van der Waals surface area contributed by atoms with Crippen molar-refractivity contribution in [3.05, 3.63) is 29.8 Å². The first-order chi connectivity index (χ1) is 11.2. The van der Waals surface area contributed by atoms with Gasteiger partial charge in [0.15, 0.2) is 0 Å². The Balaban J connectivity index is 1.64. The molecular formula is C17H23N3O2S. The number of hydrogen-bond acceptors (Lipinski definition) is 4. The fourth-order valence-corrected chi connectivity index (χ4v) is 3.89. The van der Waals surface area contributed by atoms with Crippen LogP contribution in [0.15, 0.2) is 24.3 Å². The molecule has 1 atom stereocenters. The van der Waals surface area contributed by atoms with Crippen molar-refractivity contribution in [2.75, 3.05) is 36.5 Å². The van der Waals surface area contributed by atoms with Gasteiger partial charge in [-0.1, -0.05) is 12.5 Å². The van der Waals surface area contributed by atoms with Crippen LogP contribution in [0, 0.1) is 0 Å². The number of thioether (sulfide) groups is 1. The molecule has 2 heterocycles. The van der Waals surface area contributed by atoms with Crippen molar-refractivity contribution >= 4 is 29.3 Å². The van der Waals surface area contributed by atoms with Gasteiger partial charge in [0.25, 0.3) is 5.91 Å². The van der Waals surface area contributed by atoms with E-state index in [9.17, 15) is 9.59 Å². The second-order valence-corrected chi connectivity index (χ2v) is 7.20. The molecule has 124 valence electrons. The zero-order valence-corrected chi connectivity index (χ0v) is 14.0. The molecule has 0 aliphatic carbocycles. The highest BCUT2D eigenvalue weighted by Crippen LogP contribution is 2.17. The van der Waals surface area contributed by atoms with E-state index in [1.807, 2.05) is 34.9 Å². The molecule has 1 unspecified atom stereocenters. The van der Waals surface area contributed by atoms with Gasteiger partial charge >= 0.3 is 0 Å². The van der Waals surface area contributed by atoms with Crippen LogP contribution in [0.5, 0.6) is 0 Å². The van der Waals surface area contributed by atoms with Gasteiger partial charge in [-0.25, -0.2) is 0 Å². The predicted octanol–water partition coefficient (Wildman–Crippen LogP) is 1.96. The van der Waals surface area contributed by atoms with Gasteiger partial charge < -0.3 is 15.5 Å². The lowest BCUT2D eigenvalue weighted by atomic mass is 10.0. The average Bonchev–Trinajstić information content (AvgIpc) is 2.63. The van der Waals surface area contributed by atoms with Crippen LogP contribution in [-0.4, -0.2) is 53.9 Å². The number of nitrogens with zero attached hydrogens (tertiary/aromatic N) is 1. The van der Waals surface area contributed by atoms with Gasteiger partial charge in [-0.05, 0) is 37.6 Å². The summed E-state index contributed by atoms with van der Waals surface area (Å²) < 4.78 is 0. The molecule has 2 saturated heterocycles. The van der Waals surface area contributed by atoms with E-state index in [0.717, 1.165) is 50.4 Å². The van der Waals surface area contributed by atoms with Gasteiger partial charge in [-0.2, -0.15) is 11.8 Å². The molecule has 6 heteroatoms. The van der Waals surface area contributed by atoms with Crippen LogP contribution in [0.3, 0.4) is 0 Å². The molecule has 2 amide bonds. The summed E-state index contributed by atoms with van der Waals surface area (Å²) in [6.45, 7) is 2.49. The Bertz CT molecular complexity index is 567. The molecule has 2 N–H and O–H groups in total. The highest BCUT2D eigenvalue weighted by molar-refractivity contribution is 7.99. The van der Waals surface area contributed by atoms with E-state index < -0.39 is 0 Å². The Morgan fingerprint density at radius 3 is 2.78 bits per heavy atom. The van der Waals surface area contributed by atoms with Crippen molar-refractivity contribution in [2.45, 2.75) is 25.3 Å². The van der Waals surface area contributed by atoms with Crippen molar-refractivity contribution in [2.24, 2.45) is 0 Å². The first-order valence-electron chi connectivity index (χ1n) is 8.25. The van der Waals surface area contributed by atoms with Gasteiger partial charge in [0, 0.05) is 35.8 Å². The zero-order valence-electron chi connectivity index (χ0n) is 13.2. The molecule has 3 rings (SSSR count). The molecule has 0 radical (unpaired) electrons. The maximum atomic E-state index is 12.5. The Morgan fingerprint density at radius 2 is 2.04 bits per heavy atom. The van der Waals surface area contributed by atoms with E-state index in [1.165, 1.54) is 0 Å². The van der Waals surface area contributed by atoms with E-state index in [2.05, 4.69) is 10.6 Å². The van der Waals surface area contributed by atoms with Crippen molar-refractivity contribution in [3.63, 3.8) is 0 Å². The van der Waals surface area contributed by atoms with Crippen molar-refractivity contribution in [1.29, 1.82) is 0 Å². The number of nitrogens with one attached hydrogen (secondary N) is 2. The molecule has 0 spiro atoms. The van der Waals surface area contributed by atoms with Gasteiger partial charge in [-0.15, -0.1) is 0 Å². The lowest BCUT2D eigenvalue weighted by Crippen LogP contribution is -2.43. The first-order valence-corrected chi connectivity index (χ1v) is 9.41. The smallest absolute Gasteiger partial charge is 0.253 e. The molecule has 1 aromatic carbocycles. The molecule has 0 bridgehead atoms. The fourth-order valence-electron chi connectivity index (χ4n) is 2.98. The summed E-state index contributed by atoms with van der Waals surface area (Å²) in [4.78, 5) is 26.7. The van der Waals surface area contributed by atoms with Crippen molar-refractivity contribution in [1.82, 2.24) is 10.2 Å². The van der Waals surface area contributed by atoms with Gasteiger partial charge in [-0.3, -0.25) is 9.59 Å². The summed E-state index contributed by atoms with van der Waals surface area (Å²) in [6.07, 6.45) is 3.08. The first kappa shape index (κ1) is 16.3. The lowest BCUT2D eigenvalue weighted by Gasteiger charge is -2.26. The van der Waals surface area contributed by atoms with E-state index in [0.29, 0.717) is 11.3 Å². The molecule has 1 aromatic rings. The van der Waals surface area contributed by atoms with Crippen LogP contribution in [0.25, 0.3) is 0 Å². The summed E-state index contributed by atoms with van der Waals surface area (Å²) in [6, 6.07) is 7.14. The number of anilines is 1. The number of carbonyl (C=O) groups is 2. The summed E-state index contributed by atoms with van der Waals surface area (Å²) >= 11 is 1.88. The van der Waals surface area contributed by atoms with E-state index >= 15 is 0 Å². The maximum Gasteiger partial charge on any atom is 0.253 e. The molecule has 23 heavy (non-hydrogen) atoms. The summed E-state index contributed by atoms with van der Waals surface area (Å²) in [5.41, 5.74) is 1.34. The minimum absolute atomic E-state index is 0.0105. The SMILES string of the molecule is O=C(Nc1cccc(C(=O)N2CCSCC2)c1)C1CCCCN1. The quantitative estimate of drug-likeness (QED) is 0.888. The minimum atomic E-state index is -0.123. The van der Waals surface area contributed by atoms with Crippen molar-refractivity contribution in [3.8, 4) is 0 Å². The largest absolute Gasteiger partial charge is 0.337 e. The van der Waals surface area contributed by atoms with E-state index in [1.54, 1.807) is 6.07 Å². The van der Waals surface area contributed by atoms with Crippen LogP contribution >= 0.6 is 11.8 Å². The molecule has 2 aliphatic rings. The highest BCUT2D eigenvalue weighted by atomic mass is 32.2. The second kappa shape index (κ2) is 7.84. The monoisotopic (exact) mass is 333 g/mol. The van der Waals surface area contributed by atoms with Crippen LogP contribution < -0.4 is 10.6 Å². The van der Waals surface area contributed by atoms with Crippen LogP contribution in [0.1, 0.15) is 29.6 Å². The van der Waals surface area contributed by atoms with E-state index in [4.69, 9.17) is 0 Å². The molecule has 0 aromatic heterocycles. The molecule has 2 fully saturated rings. The summed E-state index contributed by atoms with van der Waals surface area (Å²) in [5, 5.41) is 6.17. The Morgan fingerprint density at radius 1 is 1.22 bits per heavy atom. The predicted molar refractivity (Wildman–Crippen MR) is 93.9 cm³/mol. The summed E-state index contributed by atoms with van der Waals surface area (Å²) in [7, 11) is 0. The number of hydrogen-bond donors (Lipinski definition) is 2. The fraction of sp³-hybridized carbons (Fsp3) is 0.529. The zero-order chi connectivity index (χ0) is 16.1. The number of piperidine rings is 1. The third kappa shape index (κ3) is 4.26. The van der Waals surface area contributed by atoms with Crippen LogP contribution in [0.2, 0.25) is 0 Å². The lowest BCUT2D eigenvalue weighted by molar-refractivity contribution is -0.118. The highest BCUT2D eigenvalue weighted by Gasteiger charge is 2.22. The third-order valence-corrected chi connectivity index (χ3v) is 5.24. The summed E-state index contributed by atoms with van der Waals surface area (Å²) in [5.74, 6) is 2.03. The Hall–Kier alpha value is -1.53.